The lowest BCUT2D eigenvalue weighted by Gasteiger charge is -2.42. The molecule has 1 aromatic carbocycles. The molecule has 0 amide bonds. The van der Waals surface area contributed by atoms with E-state index in [1.807, 2.05) is 0 Å². The Labute approximate surface area is 177 Å². The van der Waals surface area contributed by atoms with E-state index in [1.54, 1.807) is 18.2 Å². The zero-order valence-corrected chi connectivity index (χ0v) is 17.4. The summed E-state index contributed by atoms with van der Waals surface area (Å²) in [4.78, 5) is 22.6. The van der Waals surface area contributed by atoms with Crippen LogP contribution in [0.15, 0.2) is 23.0 Å². The van der Waals surface area contributed by atoms with Crippen LogP contribution in [0.2, 0.25) is 10.0 Å². The number of nitrogens with one attached hydrogen (secondary N) is 2. The molecule has 2 fully saturated rings. The lowest BCUT2D eigenvalue weighted by atomic mass is 9.74. The molecule has 1 aliphatic carbocycles. The molecule has 1 atom stereocenters. The Kier molecular flexibility index (Phi) is 4.57. The highest BCUT2D eigenvalue weighted by Crippen LogP contribution is 2.45. The molecule has 2 aliphatic rings. The van der Waals surface area contributed by atoms with Crippen LogP contribution in [0.4, 0.5) is 5.95 Å². The van der Waals surface area contributed by atoms with E-state index in [4.69, 9.17) is 28.9 Å². The standard InChI is InChI=1S/C20H22Cl2N6O/c21-12-4-1-3-11(15(12)22)16-14-17(27-26-16)24-19(25-18(14)29)28-9-7-20(8-10-28)6-2-5-13(20)23/h1,3-4,13H,2,5-10,23H2,(H2,24,25,26,27,29)/t13-/m1/s1. The summed E-state index contributed by atoms with van der Waals surface area (Å²) in [5.41, 5.74) is 7.89. The number of benzene rings is 1. The van der Waals surface area contributed by atoms with Gasteiger partial charge in [0.1, 0.15) is 5.39 Å². The third-order valence-electron chi connectivity index (χ3n) is 6.67. The molecule has 1 spiro atoms. The van der Waals surface area contributed by atoms with Crippen LogP contribution >= 0.6 is 23.2 Å². The molecule has 0 bridgehead atoms. The highest BCUT2D eigenvalue weighted by Gasteiger charge is 2.43. The highest BCUT2D eigenvalue weighted by atomic mass is 35.5. The molecule has 3 heterocycles. The van der Waals surface area contributed by atoms with Crippen LogP contribution in [0.3, 0.4) is 0 Å². The van der Waals surface area contributed by atoms with Crippen LogP contribution in [-0.2, 0) is 0 Å². The summed E-state index contributed by atoms with van der Waals surface area (Å²) in [5, 5.41) is 8.33. The number of hydrogen-bond donors (Lipinski definition) is 3. The second-order valence-electron chi connectivity index (χ2n) is 8.14. The molecule has 1 aliphatic heterocycles. The zero-order chi connectivity index (χ0) is 20.2. The van der Waals surface area contributed by atoms with Gasteiger partial charge in [0.2, 0.25) is 5.95 Å². The molecule has 152 valence electrons. The Morgan fingerprint density at radius 1 is 1.21 bits per heavy atom. The molecule has 7 nitrogen and oxygen atoms in total. The minimum Gasteiger partial charge on any atom is -0.342 e. The predicted octanol–water partition coefficient (Wildman–Crippen LogP) is 3.72. The number of nitrogens with zero attached hydrogens (tertiary/aromatic N) is 3. The molecule has 1 saturated heterocycles. The topological polar surface area (TPSA) is 104 Å². The molecular weight excluding hydrogens is 411 g/mol. The SMILES string of the molecule is N[C@@H]1CCCC12CCN(c1nc3n[nH]c(-c4cccc(Cl)c4Cl)c3c(=O)[nH]1)CC2. The predicted molar refractivity (Wildman–Crippen MR) is 116 cm³/mol. The molecular formula is C20H22Cl2N6O. The maximum Gasteiger partial charge on any atom is 0.264 e. The third kappa shape index (κ3) is 3.03. The molecule has 3 aromatic rings. The van der Waals surface area contributed by atoms with Crippen molar-refractivity contribution < 1.29 is 0 Å². The first-order chi connectivity index (χ1) is 14.0. The van der Waals surface area contributed by atoms with Crippen LogP contribution in [-0.4, -0.2) is 39.3 Å². The third-order valence-corrected chi connectivity index (χ3v) is 7.49. The fourth-order valence-electron chi connectivity index (χ4n) is 4.91. The van der Waals surface area contributed by atoms with E-state index < -0.39 is 0 Å². The fraction of sp³-hybridized carbons (Fsp3) is 0.450. The Balaban J connectivity index is 1.48. The summed E-state index contributed by atoms with van der Waals surface area (Å²) in [6, 6.07) is 5.56. The zero-order valence-electron chi connectivity index (χ0n) is 15.8. The number of nitrogens with two attached hydrogens (primary N) is 1. The molecule has 9 heteroatoms. The van der Waals surface area contributed by atoms with E-state index in [1.165, 1.54) is 12.8 Å². The van der Waals surface area contributed by atoms with Gasteiger partial charge in [0, 0.05) is 24.7 Å². The molecule has 29 heavy (non-hydrogen) atoms. The van der Waals surface area contributed by atoms with Crippen molar-refractivity contribution in [3.05, 3.63) is 38.6 Å². The Morgan fingerprint density at radius 3 is 2.72 bits per heavy atom. The lowest BCUT2D eigenvalue weighted by Crippen LogP contribution is -2.47. The van der Waals surface area contributed by atoms with E-state index in [2.05, 4.69) is 25.1 Å². The van der Waals surface area contributed by atoms with E-state index in [0.29, 0.717) is 38.3 Å². The molecule has 0 unspecified atom stereocenters. The summed E-state index contributed by atoms with van der Waals surface area (Å²) >= 11 is 12.5. The van der Waals surface area contributed by atoms with Gasteiger partial charge in [-0.15, -0.1) is 0 Å². The Hall–Kier alpha value is -2.09. The van der Waals surface area contributed by atoms with Gasteiger partial charge in [0.05, 0.1) is 15.7 Å². The quantitative estimate of drug-likeness (QED) is 0.572. The first-order valence-electron chi connectivity index (χ1n) is 9.92. The van der Waals surface area contributed by atoms with Gasteiger partial charge >= 0.3 is 0 Å². The number of anilines is 1. The smallest absolute Gasteiger partial charge is 0.264 e. The van der Waals surface area contributed by atoms with Crippen molar-refractivity contribution in [1.82, 2.24) is 20.2 Å². The number of piperidine rings is 1. The van der Waals surface area contributed by atoms with Crippen LogP contribution in [0.1, 0.15) is 32.1 Å². The number of aromatic amines is 2. The molecule has 5 rings (SSSR count). The summed E-state index contributed by atoms with van der Waals surface area (Å²) in [6.45, 7) is 1.67. The highest BCUT2D eigenvalue weighted by molar-refractivity contribution is 6.43. The molecule has 2 aromatic heterocycles. The summed E-state index contributed by atoms with van der Waals surface area (Å²) < 4.78 is 0. The Morgan fingerprint density at radius 2 is 2.00 bits per heavy atom. The van der Waals surface area contributed by atoms with Crippen molar-refractivity contribution >= 4 is 40.2 Å². The number of hydrogen-bond acceptors (Lipinski definition) is 5. The van der Waals surface area contributed by atoms with Gasteiger partial charge in [-0.3, -0.25) is 14.9 Å². The number of halogens is 2. The second kappa shape index (κ2) is 7.00. The van der Waals surface area contributed by atoms with E-state index >= 15 is 0 Å². The monoisotopic (exact) mass is 432 g/mol. The summed E-state index contributed by atoms with van der Waals surface area (Å²) in [6.07, 6.45) is 5.58. The van der Waals surface area contributed by atoms with Gasteiger partial charge in [-0.1, -0.05) is 41.8 Å². The van der Waals surface area contributed by atoms with Crippen molar-refractivity contribution in [2.45, 2.75) is 38.1 Å². The average molecular weight is 433 g/mol. The maximum atomic E-state index is 12.9. The first-order valence-corrected chi connectivity index (χ1v) is 10.7. The van der Waals surface area contributed by atoms with Crippen molar-refractivity contribution in [3.8, 4) is 11.3 Å². The summed E-state index contributed by atoms with van der Waals surface area (Å²) in [5.74, 6) is 0.555. The largest absolute Gasteiger partial charge is 0.342 e. The van der Waals surface area contributed by atoms with Gasteiger partial charge in [0.15, 0.2) is 5.65 Å². The number of aromatic nitrogens is 4. The molecule has 1 saturated carbocycles. The van der Waals surface area contributed by atoms with Crippen molar-refractivity contribution in [2.24, 2.45) is 11.1 Å². The van der Waals surface area contributed by atoms with Crippen LogP contribution in [0.25, 0.3) is 22.3 Å². The van der Waals surface area contributed by atoms with E-state index in [0.717, 1.165) is 32.4 Å². The van der Waals surface area contributed by atoms with Gasteiger partial charge in [-0.2, -0.15) is 10.1 Å². The van der Waals surface area contributed by atoms with E-state index in [9.17, 15) is 4.79 Å². The van der Waals surface area contributed by atoms with Gasteiger partial charge in [-0.05, 0) is 37.2 Å². The van der Waals surface area contributed by atoms with Crippen molar-refractivity contribution in [3.63, 3.8) is 0 Å². The minimum absolute atomic E-state index is 0.248. The summed E-state index contributed by atoms with van der Waals surface area (Å²) in [7, 11) is 0. The van der Waals surface area contributed by atoms with Crippen LogP contribution in [0, 0.1) is 5.41 Å². The average Bonchev–Trinajstić information content (AvgIpc) is 3.29. The van der Waals surface area contributed by atoms with Crippen LogP contribution in [0.5, 0.6) is 0 Å². The van der Waals surface area contributed by atoms with Crippen molar-refractivity contribution in [1.29, 1.82) is 0 Å². The number of rotatable bonds is 2. The van der Waals surface area contributed by atoms with Crippen LogP contribution < -0.4 is 16.2 Å². The number of H-pyrrole nitrogens is 2. The second-order valence-corrected chi connectivity index (χ2v) is 8.92. The number of fused-ring (bicyclic) bond motifs is 1. The molecule has 4 N–H and O–H groups in total. The fourth-order valence-corrected chi connectivity index (χ4v) is 5.31. The van der Waals surface area contributed by atoms with Gasteiger partial charge < -0.3 is 10.6 Å². The Bertz CT molecular complexity index is 1130. The lowest BCUT2D eigenvalue weighted by molar-refractivity contribution is 0.197. The minimum atomic E-state index is -0.248. The van der Waals surface area contributed by atoms with Gasteiger partial charge in [0.25, 0.3) is 5.56 Å². The molecule has 0 radical (unpaired) electrons. The van der Waals surface area contributed by atoms with E-state index in [-0.39, 0.29) is 17.0 Å². The van der Waals surface area contributed by atoms with Gasteiger partial charge in [-0.25, -0.2) is 0 Å². The first kappa shape index (κ1) is 18.9. The normalized spacial score (nSPS) is 21.3. The maximum absolute atomic E-state index is 12.9. The van der Waals surface area contributed by atoms with Crippen molar-refractivity contribution in [2.75, 3.05) is 18.0 Å².